The lowest BCUT2D eigenvalue weighted by Crippen LogP contribution is -2.51. The lowest BCUT2D eigenvalue weighted by atomic mass is 10.1. The van der Waals surface area contributed by atoms with Crippen molar-refractivity contribution in [2.45, 2.75) is 32.8 Å². The van der Waals surface area contributed by atoms with Crippen molar-refractivity contribution in [3.05, 3.63) is 48.7 Å². The zero-order chi connectivity index (χ0) is 30.3. The molecular formula is C30H34N10O3. The van der Waals surface area contributed by atoms with Gasteiger partial charge in [-0.15, -0.1) is 0 Å². The summed E-state index contributed by atoms with van der Waals surface area (Å²) in [6, 6.07) is 6.11. The monoisotopic (exact) mass is 582 g/mol. The van der Waals surface area contributed by atoms with Crippen molar-refractivity contribution in [3.8, 4) is 28.6 Å². The molecule has 0 radical (unpaired) electrons. The largest absolute Gasteiger partial charge is 0.444 e. The average molecular weight is 583 g/mol. The zero-order valence-corrected chi connectivity index (χ0v) is 24.8. The molecule has 0 aromatic carbocycles. The SMILES string of the molecule is Cn1cc(-c2cn3ncc(C#N)c3c(-c3ccc(N4CCN(C(=O)[C@H]5CCN(C(=O)OC(C)(C)C)C5)CC4)nc3)n2)cn1. The summed E-state index contributed by atoms with van der Waals surface area (Å²) < 4.78 is 8.85. The Balaban J connectivity index is 1.13. The number of carbonyl (C=O) groups is 2. The van der Waals surface area contributed by atoms with Crippen LogP contribution in [0.2, 0.25) is 0 Å². The maximum Gasteiger partial charge on any atom is 0.410 e. The van der Waals surface area contributed by atoms with Gasteiger partial charge in [0.25, 0.3) is 0 Å². The van der Waals surface area contributed by atoms with Crippen LogP contribution in [-0.4, -0.2) is 96.0 Å². The van der Waals surface area contributed by atoms with E-state index < -0.39 is 5.60 Å². The Morgan fingerprint density at radius 3 is 2.42 bits per heavy atom. The van der Waals surface area contributed by atoms with Gasteiger partial charge in [0.05, 0.1) is 35.9 Å². The first-order chi connectivity index (χ1) is 20.6. The molecule has 43 heavy (non-hydrogen) atoms. The molecule has 4 aromatic heterocycles. The Kier molecular flexibility index (Phi) is 7.21. The minimum Gasteiger partial charge on any atom is -0.444 e. The summed E-state index contributed by atoms with van der Waals surface area (Å²) in [5.41, 5.74) is 3.39. The smallest absolute Gasteiger partial charge is 0.410 e. The number of piperazine rings is 1. The standard InChI is InChI=1S/C30H34N10O3/c1-30(2,3)43-29(42)39-8-7-21(18-39)28(41)38-11-9-37(10-12-38)25-6-5-20(14-32-25)26-27-22(13-31)15-34-40(27)19-24(35-26)23-16-33-36(4)17-23/h5-6,14-17,19,21H,7-12,18H2,1-4H3/t21-/m0/s1. The normalized spacial score (nSPS) is 17.4. The van der Waals surface area contributed by atoms with Crippen LogP contribution in [0.15, 0.2) is 43.1 Å². The number of rotatable bonds is 4. The van der Waals surface area contributed by atoms with Crippen molar-refractivity contribution in [1.29, 1.82) is 5.26 Å². The summed E-state index contributed by atoms with van der Waals surface area (Å²) in [5, 5.41) is 18.3. The van der Waals surface area contributed by atoms with Crippen LogP contribution >= 0.6 is 0 Å². The van der Waals surface area contributed by atoms with Crippen LogP contribution in [0.5, 0.6) is 0 Å². The van der Waals surface area contributed by atoms with Crippen molar-refractivity contribution < 1.29 is 14.3 Å². The average Bonchev–Trinajstić information content (AvgIpc) is 3.75. The molecule has 0 bridgehead atoms. The Bertz CT molecular complexity index is 1700. The fraction of sp³-hybridized carbons (Fsp3) is 0.433. The molecule has 1 atom stereocenters. The number of carbonyl (C=O) groups excluding carboxylic acids is 2. The minimum absolute atomic E-state index is 0.0895. The minimum atomic E-state index is -0.562. The fourth-order valence-corrected chi connectivity index (χ4v) is 5.57. The number of hydrogen-bond acceptors (Lipinski definition) is 9. The number of hydrogen-bond donors (Lipinski definition) is 0. The van der Waals surface area contributed by atoms with Gasteiger partial charge in [0.15, 0.2) is 0 Å². The van der Waals surface area contributed by atoms with E-state index in [1.807, 2.05) is 51.0 Å². The fourth-order valence-electron chi connectivity index (χ4n) is 5.57. The number of anilines is 1. The van der Waals surface area contributed by atoms with Gasteiger partial charge in [-0.25, -0.2) is 19.3 Å². The van der Waals surface area contributed by atoms with Crippen LogP contribution < -0.4 is 4.90 Å². The highest BCUT2D eigenvalue weighted by Gasteiger charge is 2.36. The number of nitrogens with zero attached hydrogens (tertiary/aromatic N) is 10. The molecule has 6 heterocycles. The molecule has 6 rings (SSSR count). The van der Waals surface area contributed by atoms with Gasteiger partial charge in [-0.1, -0.05) is 0 Å². The van der Waals surface area contributed by atoms with Crippen LogP contribution in [0.25, 0.3) is 28.0 Å². The van der Waals surface area contributed by atoms with E-state index in [1.165, 1.54) is 6.20 Å². The summed E-state index contributed by atoms with van der Waals surface area (Å²) in [6.45, 7) is 8.92. The van der Waals surface area contributed by atoms with E-state index >= 15 is 0 Å². The Labute approximate surface area is 249 Å². The highest BCUT2D eigenvalue weighted by atomic mass is 16.6. The van der Waals surface area contributed by atoms with E-state index in [9.17, 15) is 14.9 Å². The zero-order valence-electron chi connectivity index (χ0n) is 24.8. The van der Waals surface area contributed by atoms with Gasteiger partial charge in [-0.05, 0) is 39.3 Å². The molecule has 0 saturated carbocycles. The maximum absolute atomic E-state index is 13.2. The first-order valence-corrected chi connectivity index (χ1v) is 14.4. The number of likely N-dealkylation sites (tertiary alicyclic amines) is 1. The number of aromatic nitrogens is 6. The Hall–Kier alpha value is -4.99. The lowest BCUT2D eigenvalue weighted by Gasteiger charge is -2.36. The predicted octanol–water partition coefficient (Wildman–Crippen LogP) is 2.97. The third-order valence-electron chi connectivity index (χ3n) is 7.74. The van der Waals surface area contributed by atoms with Crippen LogP contribution in [0.4, 0.5) is 10.6 Å². The topological polar surface area (TPSA) is 138 Å². The highest BCUT2D eigenvalue weighted by molar-refractivity contribution is 5.83. The quantitative estimate of drug-likeness (QED) is 0.355. The van der Waals surface area contributed by atoms with Crippen molar-refractivity contribution in [2.24, 2.45) is 13.0 Å². The Morgan fingerprint density at radius 2 is 1.77 bits per heavy atom. The van der Waals surface area contributed by atoms with Gasteiger partial charge in [0.1, 0.15) is 28.6 Å². The summed E-state index contributed by atoms with van der Waals surface area (Å²) in [4.78, 5) is 41.0. The van der Waals surface area contributed by atoms with Crippen LogP contribution in [-0.2, 0) is 16.6 Å². The van der Waals surface area contributed by atoms with E-state index in [2.05, 4.69) is 21.2 Å². The molecule has 4 aromatic rings. The van der Waals surface area contributed by atoms with Gasteiger partial charge in [0, 0.05) is 69.8 Å². The molecule has 0 spiro atoms. The highest BCUT2D eigenvalue weighted by Crippen LogP contribution is 2.30. The van der Waals surface area contributed by atoms with E-state index in [1.54, 1.807) is 32.7 Å². The third-order valence-corrected chi connectivity index (χ3v) is 7.74. The molecule has 0 unspecified atom stereocenters. The molecule has 2 fully saturated rings. The van der Waals surface area contributed by atoms with E-state index in [0.717, 1.165) is 16.9 Å². The maximum atomic E-state index is 13.2. The summed E-state index contributed by atoms with van der Waals surface area (Å²) in [6.07, 6.45) is 9.00. The molecule has 0 aliphatic carbocycles. The van der Waals surface area contributed by atoms with E-state index in [4.69, 9.17) is 14.7 Å². The summed E-state index contributed by atoms with van der Waals surface area (Å²) in [7, 11) is 1.85. The number of amides is 2. The second-order valence-electron chi connectivity index (χ2n) is 12.0. The molecule has 2 aliphatic rings. The third kappa shape index (κ3) is 5.73. The molecular weight excluding hydrogens is 548 g/mol. The van der Waals surface area contributed by atoms with Crippen LogP contribution in [0.1, 0.15) is 32.8 Å². The number of aryl methyl sites for hydroxylation is 1. The number of ether oxygens (including phenoxy) is 1. The Morgan fingerprint density at radius 1 is 0.977 bits per heavy atom. The molecule has 2 amide bonds. The van der Waals surface area contributed by atoms with Gasteiger partial charge < -0.3 is 19.4 Å². The molecule has 2 aliphatic heterocycles. The van der Waals surface area contributed by atoms with Crippen molar-refractivity contribution in [1.82, 2.24) is 39.2 Å². The second kappa shape index (κ2) is 11.0. The van der Waals surface area contributed by atoms with E-state index in [-0.39, 0.29) is 17.9 Å². The van der Waals surface area contributed by atoms with Gasteiger partial charge in [-0.2, -0.15) is 15.5 Å². The van der Waals surface area contributed by atoms with E-state index in [0.29, 0.717) is 68.2 Å². The first kappa shape index (κ1) is 28.1. The molecule has 13 nitrogen and oxygen atoms in total. The number of nitriles is 1. The van der Waals surface area contributed by atoms with Crippen molar-refractivity contribution in [2.75, 3.05) is 44.2 Å². The summed E-state index contributed by atoms with van der Waals surface area (Å²) >= 11 is 0. The van der Waals surface area contributed by atoms with Crippen LogP contribution in [0, 0.1) is 17.2 Å². The molecule has 0 N–H and O–H groups in total. The van der Waals surface area contributed by atoms with Crippen molar-refractivity contribution in [3.63, 3.8) is 0 Å². The lowest BCUT2D eigenvalue weighted by molar-refractivity contribution is -0.135. The van der Waals surface area contributed by atoms with Crippen molar-refractivity contribution >= 4 is 23.3 Å². The molecule has 2 saturated heterocycles. The second-order valence-corrected chi connectivity index (χ2v) is 12.0. The first-order valence-electron chi connectivity index (χ1n) is 14.4. The summed E-state index contributed by atoms with van der Waals surface area (Å²) in [5.74, 6) is 0.693. The van der Waals surface area contributed by atoms with Gasteiger partial charge >= 0.3 is 6.09 Å². The van der Waals surface area contributed by atoms with Gasteiger partial charge in [-0.3, -0.25) is 9.48 Å². The molecule has 13 heteroatoms. The molecule has 222 valence electrons. The number of pyridine rings is 1. The van der Waals surface area contributed by atoms with Gasteiger partial charge in [0.2, 0.25) is 5.91 Å². The number of fused-ring (bicyclic) bond motifs is 1. The van der Waals surface area contributed by atoms with Crippen LogP contribution in [0.3, 0.4) is 0 Å². The predicted molar refractivity (Wildman–Crippen MR) is 158 cm³/mol.